The summed E-state index contributed by atoms with van der Waals surface area (Å²) in [6.07, 6.45) is 1.21. The van der Waals surface area contributed by atoms with Crippen LogP contribution in [0, 0.1) is 0 Å². The van der Waals surface area contributed by atoms with Gasteiger partial charge in [0.1, 0.15) is 12.1 Å². The van der Waals surface area contributed by atoms with Crippen LogP contribution in [-0.4, -0.2) is 43.6 Å². The molecule has 0 unspecified atom stereocenters. The van der Waals surface area contributed by atoms with E-state index in [1.807, 2.05) is 13.0 Å². The molecule has 0 aromatic carbocycles. The third-order valence-electron chi connectivity index (χ3n) is 2.15. The van der Waals surface area contributed by atoms with Crippen molar-refractivity contribution in [2.24, 2.45) is 0 Å². The topological polar surface area (TPSA) is 65.5 Å². The molecule has 0 fully saturated rings. The summed E-state index contributed by atoms with van der Waals surface area (Å²) in [5.74, 6) is 0.730. The Bertz CT molecular complexity index is 319. The van der Waals surface area contributed by atoms with E-state index in [4.69, 9.17) is 14.2 Å². The zero-order valence-corrected chi connectivity index (χ0v) is 10.5. The molecular weight excluding hydrogens is 222 g/mol. The molecule has 0 bridgehead atoms. The van der Waals surface area contributed by atoms with Crippen LogP contribution in [0.3, 0.4) is 0 Å². The molecule has 96 valence electrons. The van der Waals surface area contributed by atoms with Gasteiger partial charge in [-0.2, -0.15) is 0 Å². The summed E-state index contributed by atoms with van der Waals surface area (Å²) in [5.41, 5.74) is 0.843. The minimum absolute atomic E-state index is 0.291. The van der Waals surface area contributed by atoms with Gasteiger partial charge in [0.25, 0.3) is 0 Å². The summed E-state index contributed by atoms with van der Waals surface area (Å²) >= 11 is 0. The molecule has 0 atom stereocenters. The van der Waals surface area contributed by atoms with E-state index in [1.165, 1.54) is 6.33 Å². The fourth-order valence-electron chi connectivity index (χ4n) is 1.23. The van der Waals surface area contributed by atoms with Crippen LogP contribution in [0.15, 0.2) is 12.4 Å². The van der Waals surface area contributed by atoms with Crippen LogP contribution in [0.25, 0.3) is 0 Å². The molecule has 1 aromatic heterocycles. The molecule has 6 heteroatoms. The van der Waals surface area contributed by atoms with Crippen molar-refractivity contribution in [1.29, 1.82) is 0 Å². The highest BCUT2D eigenvalue weighted by molar-refractivity contribution is 5.34. The maximum absolute atomic E-state index is 5.28. The molecule has 1 aromatic rings. The number of hydrogen-bond donors (Lipinski definition) is 1. The van der Waals surface area contributed by atoms with Gasteiger partial charge in [0.05, 0.1) is 18.8 Å². The number of aromatic nitrogens is 2. The lowest BCUT2D eigenvalue weighted by atomic mass is 10.4. The number of ether oxygens (including phenoxy) is 3. The number of nitrogens with one attached hydrogen (secondary N) is 1. The maximum Gasteiger partial charge on any atom is 0.173 e. The van der Waals surface area contributed by atoms with Gasteiger partial charge in [-0.25, -0.2) is 9.97 Å². The Hall–Kier alpha value is -1.24. The van der Waals surface area contributed by atoms with Gasteiger partial charge in [-0.1, -0.05) is 0 Å². The zero-order valence-electron chi connectivity index (χ0n) is 10.5. The first-order chi connectivity index (χ1) is 8.30. The molecule has 0 aliphatic carbocycles. The fraction of sp³-hybridized carbons (Fsp3) is 0.636. The Morgan fingerprint density at radius 3 is 2.71 bits per heavy atom. The van der Waals surface area contributed by atoms with E-state index >= 15 is 0 Å². The van der Waals surface area contributed by atoms with Gasteiger partial charge in [-0.05, 0) is 6.92 Å². The number of methoxy groups -OCH3 is 2. The number of hydrogen-bond acceptors (Lipinski definition) is 6. The van der Waals surface area contributed by atoms with Crippen molar-refractivity contribution >= 4 is 5.82 Å². The fourth-order valence-corrected chi connectivity index (χ4v) is 1.23. The molecule has 0 saturated heterocycles. The highest BCUT2D eigenvalue weighted by Gasteiger charge is 2.05. The van der Waals surface area contributed by atoms with Gasteiger partial charge in [0, 0.05) is 26.9 Å². The van der Waals surface area contributed by atoms with E-state index in [-0.39, 0.29) is 6.29 Å². The Kier molecular flexibility index (Phi) is 6.46. The van der Waals surface area contributed by atoms with E-state index in [0.717, 1.165) is 11.5 Å². The maximum atomic E-state index is 5.28. The third-order valence-corrected chi connectivity index (χ3v) is 2.15. The number of rotatable bonds is 8. The molecular formula is C11H19N3O3. The summed E-state index contributed by atoms with van der Waals surface area (Å²) in [4.78, 5) is 8.20. The van der Waals surface area contributed by atoms with E-state index in [1.54, 1.807) is 14.2 Å². The lowest BCUT2D eigenvalue weighted by Gasteiger charge is -2.14. The predicted octanol–water partition coefficient (Wildman–Crippen LogP) is 1.04. The molecule has 1 rings (SSSR count). The third kappa shape index (κ3) is 5.08. The van der Waals surface area contributed by atoms with Crippen molar-refractivity contribution in [3.8, 4) is 0 Å². The molecule has 1 N–H and O–H groups in total. The van der Waals surface area contributed by atoms with Gasteiger partial charge in [-0.3, -0.25) is 0 Å². The summed E-state index contributed by atoms with van der Waals surface area (Å²) in [5, 5.41) is 3.11. The summed E-state index contributed by atoms with van der Waals surface area (Å²) < 4.78 is 15.4. The number of anilines is 1. The standard InChI is InChI=1S/C11H19N3O3/c1-4-17-7-9-5-10(14-8-13-9)12-6-11(15-2)16-3/h5,8,11H,4,6-7H2,1-3H3,(H,12,13,14). The first-order valence-electron chi connectivity index (χ1n) is 5.48. The second kappa shape index (κ2) is 7.94. The van der Waals surface area contributed by atoms with Crippen molar-refractivity contribution in [2.45, 2.75) is 19.8 Å². The highest BCUT2D eigenvalue weighted by Crippen LogP contribution is 2.05. The van der Waals surface area contributed by atoms with E-state index in [2.05, 4.69) is 15.3 Å². The van der Waals surface area contributed by atoms with Crippen LogP contribution in [0.2, 0.25) is 0 Å². The van der Waals surface area contributed by atoms with Crippen molar-refractivity contribution in [3.05, 3.63) is 18.1 Å². The Labute approximate surface area is 101 Å². The lowest BCUT2D eigenvalue weighted by Crippen LogP contribution is -2.24. The van der Waals surface area contributed by atoms with Gasteiger partial charge in [-0.15, -0.1) is 0 Å². The highest BCUT2D eigenvalue weighted by atomic mass is 16.7. The quantitative estimate of drug-likeness (QED) is 0.686. The van der Waals surface area contributed by atoms with Crippen LogP contribution in [0.1, 0.15) is 12.6 Å². The van der Waals surface area contributed by atoms with Gasteiger partial charge < -0.3 is 19.5 Å². The summed E-state index contributed by atoms with van der Waals surface area (Å²) in [6, 6.07) is 1.85. The van der Waals surface area contributed by atoms with Gasteiger partial charge in [0.2, 0.25) is 0 Å². The second-order valence-electron chi connectivity index (χ2n) is 3.31. The van der Waals surface area contributed by atoms with Gasteiger partial charge >= 0.3 is 0 Å². The number of nitrogens with zero attached hydrogens (tertiary/aromatic N) is 2. The predicted molar refractivity (Wildman–Crippen MR) is 63.7 cm³/mol. The van der Waals surface area contributed by atoms with E-state index < -0.39 is 0 Å². The minimum Gasteiger partial charge on any atom is -0.375 e. The van der Waals surface area contributed by atoms with Crippen LogP contribution < -0.4 is 5.32 Å². The SMILES string of the molecule is CCOCc1cc(NCC(OC)OC)ncn1. The van der Waals surface area contributed by atoms with Crippen molar-refractivity contribution in [1.82, 2.24) is 9.97 Å². The van der Waals surface area contributed by atoms with E-state index in [9.17, 15) is 0 Å². The first-order valence-corrected chi connectivity index (χ1v) is 5.48. The Morgan fingerprint density at radius 2 is 2.06 bits per heavy atom. The summed E-state index contributed by atoms with van der Waals surface area (Å²) in [6.45, 7) is 3.63. The lowest BCUT2D eigenvalue weighted by molar-refractivity contribution is -0.0914. The summed E-state index contributed by atoms with van der Waals surface area (Å²) in [7, 11) is 3.19. The molecule has 0 aliphatic rings. The molecule has 6 nitrogen and oxygen atoms in total. The average Bonchev–Trinajstić information content (AvgIpc) is 2.38. The minimum atomic E-state index is -0.291. The normalized spacial score (nSPS) is 10.8. The van der Waals surface area contributed by atoms with Crippen molar-refractivity contribution in [3.63, 3.8) is 0 Å². The van der Waals surface area contributed by atoms with Crippen molar-refractivity contribution in [2.75, 3.05) is 32.7 Å². The Morgan fingerprint density at radius 1 is 1.29 bits per heavy atom. The average molecular weight is 241 g/mol. The molecule has 0 saturated carbocycles. The van der Waals surface area contributed by atoms with Gasteiger partial charge in [0.15, 0.2) is 6.29 Å². The van der Waals surface area contributed by atoms with Crippen LogP contribution in [-0.2, 0) is 20.8 Å². The molecule has 0 spiro atoms. The zero-order chi connectivity index (χ0) is 12.5. The smallest absolute Gasteiger partial charge is 0.173 e. The van der Waals surface area contributed by atoms with Crippen LogP contribution >= 0.6 is 0 Å². The molecule has 0 radical (unpaired) electrons. The monoisotopic (exact) mass is 241 g/mol. The molecule has 0 amide bonds. The molecule has 1 heterocycles. The van der Waals surface area contributed by atoms with E-state index in [0.29, 0.717) is 19.8 Å². The second-order valence-corrected chi connectivity index (χ2v) is 3.31. The molecule has 17 heavy (non-hydrogen) atoms. The van der Waals surface area contributed by atoms with Crippen molar-refractivity contribution < 1.29 is 14.2 Å². The molecule has 0 aliphatic heterocycles. The first kappa shape index (κ1) is 13.8. The largest absolute Gasteiger partial charge is 0.375 e. The Balaban J connectivity index is 2.47. The van der Waals surface area contributed by atoms with Crippen LogP contribution in [0.5, 0.6) is 0 Å². The van der Waals surface area contributed by atoms with Crippen LogP contribution in [0.4, 0.5) is 5.82 Å².